The van der Waals surface area contributed by atoms with E-state index < -0.39 is 0 Å². The van der Waals surface area contributed by atoms with E-state index in [1.165, 1.54) is 0 Å². The van der Waals surface area contributed by atoms with Crippen LogP contribution >= 0.6 is 27.5 Å². The summed E-state index contributed by atoms with van der Waals surface area (Å²) in [6.45, 7) is 1.92. The highest BCUT2D eigenvalue weighted by atomic mass is 79.9. The molecule has 80 valence electrons. The summed E-state index contributed by atoms with van der Waals surface area (Å²) >= 11 is 9.56. The van der Waals surface area contributed by atoms with Gasteiger partial charge in [-0.3, -0.25) is 9.38 Å². The van der Waals surface area contributed by atoms with Crippen molar-refractivity contribution >= 4 is 44.1 Å². The fourth-order valence-electron chi connectivity index (χ4n) is 1.80. The van der Waals surface area contributed by atoms with Gasteiger partial charge in [0.1, 0.15) is 0 Å². The second-order valence-corrected chi connectivity index (χ2v) is 4.83. The van der Waals surface area contributed by atoms with Crippen LogP contribution in [0.15, 0.2) is 28.9 Å². The number of nitrogens with zero attached hydrogens (tertiary/aromatic N) is 3. The zero-order valence-electron chi connectivity index (χ0n) is 8.41. The number of imidazole rings is 1. The summed E-state index contributed by atoms with van der Waals surface area (Å²) in [6, 6.07) is 5.89. The van der Waals surface area contributed by atoms with Crippen LogP contribution in [0.1, 0.15) is 5.69 Å². The Bertz CT molecular complexity index is 705. The molecule has 3 aromatic rings. The van der Waals surface area contributed by atoms with Crippen molar-refractivity contribution in [2.24, 2.45) is 0 Å². The molecule has 0 fully saturated rings. The molecule has 2 aromatic heterocycles. The molecular formula is C11H7BrClN3. The van der Waals surface area contributed by atoms with E-state index in [4.69, 9.17) is 11.6 Å². The minimum atomic E-state index is 0.470. The molecule has 0 bridgehead atoms. The maximum Gasteiger partial charge on any atom is 0.208 e. The average Bonchev–Trinajstić information content (AvgIpc) is 2.54. The lowest BCUT2D eigenvalue weighted by Crippen LogP contribution is -1.91. The zero-order valence-corrected chi connectivity index (χ0v) is 10.7. The lowest BCUT2D eigenvalue weighted by Gasteiger charge is -2.02. The SMILES string of the molecule is Cc1nc(Cl)n2c1cnc1ccc(Br)cc12. The molecule has 3 rings (SSSR count). The summed E-state index contributed by atoms with van der Waals surface area (Å²) in [5.74, 6) is 0. The second kappa shape index (κ2) is 3.43. The fourth-order valence-corrected chi connectivity index (χ4v) is 2.46. The highest BCUT2D eigenvalue weighted by molar-refractivity contribution is 9.10. The van der Waals surface area contributed by atoms with E-state index in [2.05, 4.69) is 25.9 Å². The molecule has 2 heterocycles. The van der Waals surface area contributed by atoms with Gasteiger partial charge in [-0.1, -0.05) is 15.9 Å². The molecule has 0 amide bonds. The Kier molecular flexibility index (Phi) is 2.16. The van der Waals surface area contributed by atoms with Gasteiger partial charge in [0, 0.05) is 4.47 Å². The summed E-state index contributed by atoms with van der Waals surface area (Å²) < 4.78 is 2.90. The lowest BCUT2D eigenvalue weighted by molar-refractivity contribution is 1.18. The van der Waals surface area contributed by atoms with Gasteiger partial charge in [0.2, 0.25) is 5.28 Å². The highest BCUT2D eigenvalue weighted by Gasteiger charge is 2.09. The van der Waals surface area contributed by atoms with Gasteiger partial charge in [0.25, 0.3) is 0 Å². The summed E-state index contributed by atoms with van der Waals surface area (Å²) in [4.78, 5) is 8.63. The van der Waals surface area contributed by atoms with Gasteiger partial charge in [-0.05, 0) is 36.7 Å². The Morgan fingerprint density at radius 1 is 1.31 bits per heavy atom. The average molecular weight is 297 g/mol. The molecular weight excluding hydrogens is 289 g/mol. The summed E-state index contributed by atoms with van der Waals surface area (Å²) in [7, 11) is 0. The molecule has 0 saturated heterocycles. The third kappa shape index (κ3) is 1.33. The monoisotopic (exact) mass is 295 g/mol. The smallest absolute Gasteiger partial charge is 0.208 e. The van der Waals surface area contributed by atoms with Crippen molar-refractivity contribution in [2.75, 3.05) is 0 Å². The molecule has 0 atom stereocenters. The maximum atomic E-state index is 6.12. The first kappa shape index (κ1) is 10.1. The van der Waals surface area contributed by atoms with Gasteiger partial charge in [-0.15, -0.1) is 0 Å². The van der Waals surface area contributed by atoms with E-state index in [-0.39, 0.29) is 0 Å². The number of hydrogen-bond donors (Lipinski definition) is 0. The van der Waals surface area contributed by atoms with E-state index in [1.54, 1.807) is 6.20 Å². The van der Waals surface area contributed by atoms with Gasteiger partial charge in [-0.25, -0.2) is 4.98 Å². The van der Waals surface area contributed by atoms with E-state index in [0.29, 0.717) is 5.28 Å². The van der Waals surface area contributed by atoms with Crippen LogP contribution in [0.4, 0.5) is 0 Å². The molecule has 3 nitrogen and oxygen atoms in total. The van der Waals surface area contributed by atoms with Gasteiger partial charge in [0.15, 0.2) is 0 Å². The van der Waals surface area contributed by atoms with Gasteiger partial charge in [0.05, 0.1) is 28.4 Å². The Labute approximate surface area is 105 Å². The molecule has 0 spiro atoms. The Balaban J connectivity index is 2.61. The van der Waals surface area contributed by atoms with Crippen molar-refractivity contribution in [3.63, 3.8) is 0 Å². The molecule has 16 heavy (non-hydrogen) atoms. The molecule has 0 aliphatic rings. The Hall–Kier alpha value is -1.13. The number of fused-ring (bicyclic) bond motifs is 3. The number of rotatable bonds is 0. The van der Waals surface area contributed by atoms with Crippen molar-refractivity contribution in [3.05, 3.63) is 39.8 Å². The molecule has 1 aromatic carbocycles. The Morgan fingerprint density at radius 2 is 2.12 bits per heavy atom. The highest BCUT2D eigenvalue weighted by Crippen LogP contribution is 2.24. The van der Waals surface area contributed by atoms with Gasteiger partial charge < -0.3 is 0 Å². The van der Waals surface area contributed by atoms with Crippen LogP contribution in [-0.4, -0.2) is 14.4 Å². The van der Waals surface area contributed by atoms with Crippen LogP contribution in [0.5, 0.6) is 0 Å². The van der Waals surface area contributed by atoms with E-state index in [9.17, 15) is 0 Å². The number of aryl methyl sites for hydroxylation is 1. The number of aromatic nitrogens is 3. The predicted octanol–water partition coefficient (Wildman–Crippen LogP) is 3.61. The fraction of sp³-hybridized carbons (Fsp3) is 0.0909. The van der Waals surface area contributed by atoms with Crippen LogP contribution in [0.3, 0.4) is 0 Å². The quantitative estimate of drug-likeness (QED) is 0.634. The first-order valence-corrected chi connectivity index (χ1v) is 5.93. The lowest BCUT2D eigenvalue weighted by atomic mass is 10.3. The molecule has 0 unspecified atom stereocenters. The van der Waals surface area contributed by atoms with E-state index >= 15 is 0 Å². The third-order valence-corrected chi connectivity index (χ3v) is 3.31. The predicted molar refractivity (Wildman–Crippen MR) is 67.9 cm³/mol. The standard InChI is InChI=1S/C11H7BrClN3/c1-6-10-5-14-8-3-2-7(12)4-9(8)16(10)11(13)15-6/h2-5H,1H3. The van der Waals surface area contributed by atoms with Crippen molar-refractivity contribution in [3.8, 4) is 0 Å². The van der Waals surface area contributed by atoms with Gasteiger partial charge >= 0.3 is 0 Å². The van der Waals surface area contributed by atoms with Gasteiger partial charge in [-0.2, -0.15) is 0 Å². The zero-order chi connectivity index (χ0) is 11.3. The topological polar surface area (TPSA) is 30.2 Å². The summed E-state index contributed by atoms with van der Waals surface area (Å²) in [5.41, 5.74) is 3.68. The minimum Gasteiger partial charge on any atom is -0.280 e. The van der Waals surface area contributed by atoms with Crippen LogP contribution in [0.25, 0.3) is 16.6 Å². The van der Waals surface area contributed by atoms with Crippen molar-refractivity contribution < 1.29 is 0 Å². The molecule has 0 aliphatic heterocycles. The van der Waals surface area contributed by atoms with Crippen molar-refractivity contribution in [1.82, 2.24) is 14.4 Å². The van der Waals surface area contributed by atoms with Crippen LogP contribution in [0.2, 0.25) is 5.28 Å². The van der Waals surface area contributed by atoms with Crippen LogP contribution in [0, 0.1) is 6.92 Å². The molecule has 0 N–H and O–H groups in total. The van der Waals surface area contributed by atoms with Crippen molar-refractivity contribution in [2.45, 2.75) is 6.92 Å². The number of halogens is 2. The Morgan fingerprint density at radius 3 is 2.94 bits per heavy atom. The number of benzene rings is 1. The minimum absolute atomic E-state index is 0.470. The first-order valence-electron chi connectivity index (χ1n) is 4.75. The largest absolute Gasteiger partial charge is 0.280 e. The van der Waals surface area contributed by atoms with Crippen molar-refractivity contribution in [1.29, 1.82) is 0 Å². The maximum absolute atomic E-state index is 6.12. The van der Waals surface area contributed by atoms with E-state index in [1.807, 2.05) is 29.5 Å². The molecule has 0 radical (unpaired) electrons. The van der Waals surface area contributed by atoms with Crippen LogP contribution < -0.4 is 0 Å². The van der Waals surface area contributed by atoms with Crippen LogP contribution in [-0.2, 0) is 0 Å². The second-order valence-electron chi connectivity index (χ2n) is 3.58. The summed E-state index contributed by atoms with van der Waals surface area (Å²) in [5, 5.41) is 0.470. The molecule has 0 aliphatic carbocycles. The first-order chi connectivity index (χ1) is 7.66. The number of hydrogen-bond acceptors (Lipinski definition) is 2. The van der Waals surface area contributed by atoms with E-state index in [0.717, 1.165) is 26.7 Å². The normalized spacial score (nSPS) is 11.4. The third-order valence-electron chi connectivity index (χ3n) is 2.56. The molecule has 0 saturated carbocycles. The summed E-state index contributed by atoms with van der Waals surface area (Å²) in [6.07, 6.45) is 1.80. The molecule has 5 heteroatoms.